The first-order chi connectivity index (χ1) is 9.65. The molecule has 104 valence electrons. The molecule has 5 nitrogen and oxygen atoms in total. The summed E-state index contributed by atoms with van der Waals surface area (Å²) in [5.74, 6) is -0.750. The van der Waals surface area contributed by atoms with Crippen LogP contribution in [0.4, 0.5) is 0 Å². The molecule has 1 aliphatic carbocycles. The number of benzene rings is 1. The fourth-order valence-corrected chi connectivity index (χ4v) is 2.65. The lowest BCUT2D eigenvalue weighted by Gasteiger charge is -2.09. The second kappa shape index (κ2) is 5.00. The van der Waals surface area contributed by atoms with Gasteiger partial charge in [0.1, 0.15) is 5.75 Å². The zero-order chi connectivity index (χ0) is 14.1. The minimum absolute atomic E-state index is 0.110. The van der Waals surface area contributed by atoms with Gasteiger partial charge in [-0.2, -0.15) is 0 Å². The Balaban J connectivity index is 2.04. The molecule has 5 heteroatoms. The first-order valence-electron chi connectivity index (χ1n) is 6.70. The van der Waals surface area contributed by atoms with Crippen LogP contribution in [0.1, 0.15) is 40.9 Å². The predicted octanol–water partition coefficient (Wildman–Crippen LogP) is 3.01. The molecule has 0 aliphatic heterocycles. The van der Waals surface area contributed by atoms with E-state index < -0.39 is 5.97 Å². The first kappa shape index (κ1) is 12.7. The smallest absolute Gasteiger partial charge is 0.358 e. The van der Waals surface area contributed by atoms with Crippen LogP contribution in [0.2, 0.25) is 0 Å². The third-order valence-electron chi connectivity index (χ3n) is 3.70. The van der Waals surface area contributed by atoms with Crippen LogP contribution in [0.25, 0.3) is 11.3 Å². The summed E-state index contributed by atoms with van der Waals surface area (Å²) in [6.07, 6.45) is 5.41. The molecule has 20 heavy (non-hydrogen) atoms. The molecule has 0 radical (unpaired) electrons. The topological polar surface area (TPSA) is 83.6 Å². The number of fused-ring (bicyclic) bond motifs is 1. The van der Waals surface area contributed by atoms with Crippen molar-refractivity contribution in [2.75, 3.05) is 0 Å². The Morgan fingerprint density at radius 2 is 1.80 bits per heavy atom. The van der Waals surface area contributed by atoms with E-state index in [4.69, 9.17) is 9.63 Å². The van der Waals surface area contributed by atoms with Gasteiger partial charge in [-0.1, -0.05) is 11.6 Å². The Kier molecular flexibility index (Phi) is 3.18. The van der Waals surface area contributed by atoms with Crippen molar-refractivity contribution in [2.45, 2.75) is 32.1 Å². The average Bonchev–Trinajstić information content (AvgIpc) is 2.79. The van der Waals surface area contributed by atoms with Gasteiger partial charge in [-0.15, -0.1) is 0 Å². The summed E-state index contributed by atoms with van der Waals surface area (Å²) in [5, 5.41) is 22.5. The van der Waals surface area contributed by atoms with Crippen molar-refractivity contribution in [3.8, 4) is 17.1 Å². The summed E-state index contributed by atoms with van der Waals surface area (Å²) in [6.45, 7) is 0. The van der Waals surface area contributed by atoms with Crippen LogP contribution in [0.3, 0.4) is 0 Å². The van der Waals surface area contributed by atoms with E-state index in [1.54, 1.807) is 6.07 Å². The number of carboxylic acid groups (broad SMARTS) is 1. The molecule has 0 saturated carbocycles. The van der Waals surface area contributed by atoms with E-state index in [0.717, 1.165) is 25.7 Å². The molecule has 1 aliphatic rings. The maximum absolute atomic E-state index is 10.8. The van der Waals surface area contributed by atoms with Gasteiger partial charge in [-0.25, -0.2) is 4.79 Å². The van der Waals surface area contributed by atoms with E-state index in [1.807, 2.05) is 6.07 Å². The summed E-state index contributed by atoms with van der Waals surface area (Å²) >= 11 is 0. The number of phenolic OH excluding ortho intramolecular Hbond substituents is 1. The van der Waals surface area contributed by atoms with Crippen LogP contribution in [0.5, 0.6) is 5.75 Å². The SMILES string of the molecule is O=C(O)c1cc(-c2cc3c(cc2O)CCCCC3)on1. The zero-order valence-electron chi connectivity index (χ0n) is 10.9. The summed E-state index contributed by atoms with van der Waals surface area (Å²) in [7, 11) is 0. The lowest BCUT2D eigenvalue weighted by molar-refractivity contribution is 0.0686. The van der Waals surface area contributed by atoms with E-state index in [1.165, 1.54) is 23.6 Å². The van der Waals surface area contributed by atoms with Gasteiger partial charge in [-0.3, -0.25) is 0 Å². The molecule has 0 fully saturated rings. The molecular weight excluding hydrogens is 258 g/mol. The molecule has 3 rings (SSSR count). The van der Waals surface area contributed by atoms with Gasteiger partial charge in [0, 0.05) is 6.07 Å². The van der Waals surface area contributed by atoms with Crippen LogP contribution < -0.4 is 0 Å². The molecule has 2 aromatic rings. The van der Waals surface area contributed by atoms with E-state index in [2.05, 4.69) is 5.16 Å². The van der Waals surface area contributed by atoms with Crippen molar-refractivity contribution in [3.63, 3.8) is 0 Å². The highest BCUT2D eigenvalue weighted by Crippen LogP contribution is 2.34. The number of aromatic carboxylic acids is 1. The van der Waals surface area contributed by atoms with Crippen molar-refractivity contribution in [3.05, 3.63) is 35.0 Å². The number of aromatic nitrogens is 1. The van der Waals surface area contributed by atoms with E-state index in [9.17, 15) is 9.90 Å². The van der Waals surface area contributed by atoms with Gasteiger partial charge in [0.15, 0.2) is 11.5 Å². The van der Waals surface area contributed by atoms with Crippen molar-refractivity contribution < 1.29 is 19.5 Å². The quantitative estimate of drug-likeness (QED) is 0.822. The number of carbonyl (C=O) groups is 1. The third-order valence-corrected chi connectivity index (χ3v) is 3.70. The number of hydrogen-bond donors (Lipinski definition) is 2. The van der Waals surface area contributed by atoms with Crippen LogP contribution in [-0.2, 0) is 12.8 Å². The maximum Gasteiger partial charge on any atom is 0.358 e. The molecule has 1 aromatic carbocycles. The summed E-state index contributed by atoms with van der Waals surface area (Å²) < 4.78 is 5.02. The second-order valence-electron chi connectivity index (χ2n) is 5.08. The Morgan fingerprint density at radius 1 is 1.10 bits per heavy atom. The molecule has 0 amide bonds. The highest BCUT2D eigenvalue weighted by Gasteiger charge is 2.18. The van der Waals surface area contributed by atoms with Crippen molar-refractivity contribution in [1.82, 2.24) is 5.16 Å². The normalized spacial score (nSPS) is 14.6. The molecule has 1 aromatic heterocycles. The van der Waals surface area contributed by atoms with Crippen molar-refractivity contribution >= 4 is 5.97 Å². The second-order valence-corrected chi connectivity index (χ2v) is 5.08. The van der Waals surface area contributed by atoms with E-state index in [0.29, 0.717) is 5.56 Å². The minimum Gasteiger partial charge on any atom is -0.507 e. The monoisotopic (exact) mass is 273 g/mol. The largest absolute Gasteiger partial charge is 0.507 e. The van der Waals surface area contributed by atoms with Crippen LogP contribution in [0.15, 0.2) is 22.7 Å². The Labute approximate surface area is 115 Å². The number of rotatable bonds is 2. The Hall–Kier alpha value is -2.30. The van der Waals surface area contributed by atoms with Gasteiger partial charge in [-0.05, 0) is 48.9 Å². The lowest BCUT2D eigenvalue weighted by Crippen LogP contribution is -1.94. The van der Waals surface area contributed by atoms with Crippen LogP contribution >= 0.6 is 0 Å². The summed E-state index contributed by atoms with van der Waals surface area (Å²) in [4.78, 5) is 10.8. The van der Waals surface area contributed by atoms with Crippen LogP contribution in [-0.4, -0.2) is 21.3 Å². The molecule has 2 N–H and O–H groups in total. The number of carboxylic acids is 1. The fraction of sp³-hybridized carbons (Fsp3) is 0.333. The molecular formula is C15H15NO4. The summed E-state index contributed by atoms with van der Waals surface area (Å²) in [5.41, 5.74) is 2.71. The number of aromatic hydroxyl groups is 1. The number of phenols is 1. The molecule has 0 unspecified atom stereocenters. The molecule has 0 bridgehead atoms. The number of nitrogens with zero attached hydrogens (tertiary/aromatic N) is 1. The highest BCUT2D eigenvalue weighted by atomic mass is 16.5. The van der Waals surface area contributed by atoms with Gasteiger partial charge in [0.05, 0.1) is 5.56 Å². The van der Waals surface area contributed by atoms with Gasteiger partial charge >= 0.3 is 5.97 Å². The fourth-order valence-electron chi connectivity index (χ4n) is 2.65. The minimum atomic E-state index is -1.14. The highest BCUT2D eigenvalue weighted by molar-refractivity contribution is 5.86. The van der Waals surface area contributed by atoms with Crippen molar-refractivity contribution in [2.24, 2.45) is 0 Å². The standard InChI is InChI=1S/C15H15NO4/c17-13-7-10-5-3-1-2-4-9(10)6-11(13)14-8-12(15(18)19)16-20-14/h6-8,17H,1-5H2,(H,18,19). The zero-order valence-corrected chi connectivity index (χ0v) is 10.9. The first-order valence-corrected chi connectivity index (χ1v) is 6.70. The predicted molar refractivity (Wildman–Crippen MR) is 71.8 cm³/mol. The van der Waals surface area contributed by atoms with E-state index in [-0.39, 0.29) is 17.2 Å². The average molecular weight is 273 g/mol. The number of hydrogen-bond acceptors (Lipinski definition) is 4. The van der Waals surface area contributed by atoms with Gasteiger partial charge in [0.25, 0.3) is 0 Å². The lowest BCUT2D eigenvalue weighted by atomic mass is 9.98. The molecule has 0 saturated heterocycles. The van der Waals surface area contributed by atoms with Gasteiger partial charge < -0.3 is 14.7 Å². The number of aryl methyl sites for hydroxylation is 2. The van der Waals surface area contributed by atoms with Gasteiger partial charge in [0.2, 0.25) is 0 Å². The Morgan fingerprint density at radius 3 is 2.45 bits per heavy atom. The molecule has 0 atom stereocenters. The van der Waals surface area contributed by atoms with E-state index >= 15 is 0 Å². The molecule has 1 heterocycles. The summed E-state index contributed by atoms with van der Waals surface area (Å²) in [6, 6.07) is 4.99. The molecule has 0 spiro atoms. The maximum atomic E-state index is 10.8. The Bertz CT molecular complexity index is 660. The van der Waals surface area contributed by atoms with Crippen LogP contribution in [0, 0.1) is 0 Å². The van der Waals surface area contributed by atoms with Crippen molar-refractivity contribution in [1.29, 1.82) is 0 Å². The third kappa shape index (κ3) is 2.27.